The second-order valence-corrected chi connectivity index (χ2v) is 43.2. The van der Waals surface area contributed by atoms with E-state index in [1.165, 1.54) is 69.9 Å². The lowest BCUT2D eigenvalue weighted by Crippen LogP contribution is -2.53. The number of nitrogens with zero attached hydrogens (tertiary/aromatic N) is 1. The van der Waals surface area contributed by atoms with Gasteiger partial charge in [0.1, 0.15) is 40.5 Å². The quantitative estimate of drug-likeness (QED) is 0.00983. The summed E-state index contributed by atoms with van der Waals surface area (Å²) in [5, 5.41) is 32.5. The fourth-order valence-corrected chi connectivity index (χ4v) is 21.5. The van der Waals surface area contributed by atoms with Crippen LogP contribution in [0.2, 0.25) is 0 Å². The van der Waals surface area contributed by atoms with E-state index in [1.807, 2.05) is 133 Å². The second kappa shape index (κ2) is 52.2. The minimum atomic E-state index is -1.82. The predicted octanol–water partition coefficient (Wildman–Crippen LogP) is 13.4. The molecule has 0 unspecified atom stereocenters. The van der Waals surface area contributed by atoms with Crippen molar-refractivity contribution in [3.63, 3.8) is 0 Å². The molecule has 1 saturated heterocycles. The van der Waals surface area contributed by atoms with Gasteiger partial charge in [-0.25, -0.2) is 0 Å². The van der Waals surface area contributed by atoms with Gasteiger partial charge in [0.05, 0.1) is 40.9 Å². The molecule has 2 bridgehead atoms. The van der Waals surface area contributed by atoms with Crippen LogP contribution in [0.4, 0.5) is 0 Å². The number of aliphatic carboxylic acids is 1. The zero-order valence-corrected chi connectivity index (χ0v) is 84.2. The summed E-state index contributed by atoms with van der Waals surface area (Å²) in [7, 11) is 0. The number of Topliss-reactive ketones (excluding diaryl/α,β-unsaturated/α-hetero) is 11. The number of nitrogens with one attached hydrogen (secondary N) is 5. The van der Waals surface area contributed by atoms with Crippen molar-refractivity contribution in [3.8, 4) is 0 Å². The number of hydrogen-bond acceptors (Lipinski definition) is 22. The zero-order valence-electron chi connectivity index (χ0n) is 81.8. The molecular weight excluding hydrogens is 1810 g/mol. The Morgan fingerprint density at radius 3 is 1.70 bits per heavy atom. The Hall–Kier alpha value is -11.2. The van der Waals surface area contributed by atoms with E-state index in [2.05, 4.69) is 21.3 Å². The van der Waals surface area contributed by atoms with Crippen molar-refractivity contribution in [1.82, 2.24) is 26.2 Å². The number of fused-ring (bicyclic) bond motifs is 5. The molecule has 11 atom stereocenters. The molecule has 2 heterocycles. The summed E-state index contributed by atoms with van der Waals surface area (Å²) in [5.74, 6) is -20.2. The van der Waals surface area contributed by atoms with Crippen LogP contribution in [0.5, 0.6) is 0 Å². The number of carboxylic acids is 1. The van der Waals surface area contributed by atoms with Crippen molar-refractivity contribution in [3.05, 3.63) is 167 Å². The SMILES string of the molecule is CCC(=O)[C@H](CC(=O)[C@H](CC(=O)C(C)(C)NC(=O)CCC(=O)[C@H](CC(=O)C(C)(C)NC(=O)[C@@H](CSCc1cc2cc(c1)CSC[C@@H](C)C(=O)N1CCC[C@@H]1C(=O)C[C@H](C(C)(C)C)C(=O)C[C@H](CC(N)=O)C(=O)C[C@H](CCCNC(=N)N)C(=O)NC(C)(C)C(=O)C[C@@H](CC(=O)O)C(=O)C[C@@H](C(N)=O)CSC2)CC(C)=O)Cc1cccc2ccccc12)Cc1ccccc1)Cc1cccc2ccccc12. The van der Waals surface area contributed by atoms with Gasteiger partial charge in [0.2, 0.25) is 35.4 Å². The van der Waals surface area contributed by atoms with E-state index in [1.54, 1.807) is 53.4 Å². The predicted molar refractivity (Wildman–Crippen MR) is 538 cm³/mol. The van der Waals surface area contributed by atoms with Gasteiger partial charge >= 0.3 is 5.97 Å². The van der Waals surface area contributed by atoms with Crippen LogP contribution < -0.4 is 38.5 Å². The van der Waals surface area contributed by atoms with E-state index >= 15 is 0 Å². The van der Waals surface area contributed by atoms with Crippen LogP contribution in [0.3, 0.4) is 0 Å². The van der Waals surface area contributed by atoms with Gasteiger partial charge in [-0.15, -0.1) is 0 Å². The molecule has 12 N–H and O–H groups in total. The van der Waals surface area contributed by atoms with Gasteiger partial charge < -0.3 is 53.3 Å². The Bertz CT molecular complexity index is 5460. The summed E-state index contributed by atoms with van der Waals surface area (Å²) in [6, 6.07) is 41.2. The number of guanidine groups is 1. The molecule has 6 aromatic rings. The highest BCUT2D eigenvalue weighted by Gasteiger charge is 2.45. The third-order valence-electron chi connectivity index (χ3n) is 26.4. The van der Waals surface area contributed by atoms with Crippen molar-refractivity contribution in [2.24, 2.45) is 81.8 Å². The van der Waals surface area contributed by atoms with E-state index in [-0.39, 0.29) is 148 Å². The Kier molecular flexibility index (Phi) is 42.4. The maximum absolute atomic E-state index is 15.0. The minimum absolute atomic E-state index is 0.0394. The Morgan fingerprint density at radius 2 is 1.13 bits per heavy atom. The number of amides is 6. The number of carboxylic acid groups (broad SMARTS) is 1. The van der Waals surface area contributed by atoms with Gasteiger partial charge in [-0.2, -0.15) is 35.3 Å². The highest BCUT2D eigenvalue weighted by atomic mass is 32.2. The lowest BCUT2D eigenvalue weighted by Gasteiger charge is -2.33. The van der Waals surface area contributed by atoms with E-state index in [9.17, 15) is 91.4 Å². The van der Waals surface area contributed by atoms with Crippen LogP contribution in [0.25, 0.3) is 21.5 Å². The van der Waals surface area contributed by atoms with Crippen LogP contribution in [0.15, 0.2) is 133 Å². The van der Waals surface area contributed by atoms with E-state index in [4.69, 9.17) is 22.6 Å². The summed E-state index contributed by atoms with van der Waals surface area (Å²) < 4.78 is 0. The van der Waals surface area contributed by atoms with Crippen LogP contribution in [-0.2, 0) is 123 Å². The monoisotopic (exact) mass is 1950 g/mol. The Balaban J connectivity index is 0.993. The number of primary amides is 2. The highest BCUT2D eigenvalue weighted by Crippen LogP contribution is 2.38. The van der Waals surface area contributed by atoms with Crippen molar-refractivity contribution >= 4 is 168 Å². The molecule has 744 valence electrons. The molecule has 1 fully saturated rings. The van der Waals surface area contributed by atoms with E-state index in [0.29, 0.717) is 30.8 Å². The maximum atomic E-state index is 15.0. The summed E-state index contributed by atoms with van der Waals surface area (Å²) in [5.41, 5.74) is 16.2. The fraction of sp³-hybridized carbons (Fsp3) is 0.523. The van der Waals surface area contributed by atoms with E-state index in [0.717, 1.165) is 54.9 Å². The number of benzene rings is 6. The van der Waals surface area contributed by atoms with Gasteiger partial charge in [-0.05, 0) is 154 Å². The molecule has 28 nitrogen and oxygen atoms in total. The number of nitrogens with two attached hydrogens (primary N) is 3. The molecule has 6 aromatic carbocycles. The number of ketones is 11. The number of thioether (sulfide) groups is 3. The maximum Gasteiger partial charge on any atom is 0.304 e. The summed E-state index contributed by atoms with van der Waals surface area (Å²) in [4.78, 5) is 257. The molecule has 138 heavy (non-hydrogen) atoms. The molecule has 8 rings (SSSR count). The van der Waals surface area contributed by atoms with Crippen molar-refractivity contribution in [2.45, 2.75) is 258 Å². The van der Waals surface area contributed by atoms with Crippen molar-refractivity contribution < 1.29 is 91.4 Å². The first-order chi connectivity index (χ1) is 65.0. The van der Waals surface area contributed by atoms with Gasteiger partial charge in [0.15, 0.2) is 29.1 Å². The smallest absolute Gasteiger partial charge is 0.304 e. The van der Waals surface area contributed by atoms with Gasteiger partial charge in [0.25, 0.3) is 0 Å². The Morgan fingerprint density at radius 1 is 0.587 bits per heavy atom. The molecule has 0 saturated carbocycles. The van der Waals surface area contributed by atoms with Gasteiger partial charge in [-0.1, -0.05) is 168 Å². The molecule has 2 aliphatic heterocycles. The third-order valence-corrected chi connectivity index (χ3v) is 30.0. The molecule has 2 aliphatic rings. The lowest BCUT2D eigenvalue weighted by molar-refractivity contribution is -0.143. The normalized spacial score (nSPS) is 19.9. The van der Waals surface area contributed by atoms with Crippen molar-refractivity contribution in [1.29, 1.82) is 5.41 Å². The van der Waals surface area contributed by atoms with E-state index < -0.39 is 202 Å². The van der Waals surface area contributed by atoms with Crippen LogP contribution >= 0.6 is 35.3 Å². The first-order valence-electron chi connectivity index (χ1n) is 47.8. The molecule has 6 amide bonds. The summed E-state index contributed by atoms with van der Waals surface area (Å²) >= 11 is 4.05. The average molecular weight is 1950 g/mol. The molecular formula is C107H139N9O19S3. The van der Waals surface area contributed by atoms with Crippen LogP contribution in [-0.4, -0.2) is 174 Å². The summed E-state index contributed by atoms with van der Waals surface area (Å²) in [6.07, 6.45) is -3.95. The number of carbonyl (C=O) groups is 18. The Labute approximate surface area is 822 Å². The first kappa shape index (κ1) is 112. The molecule has 31 heteroatoms. The fourth-order valence-electron chi connectivity index (χ4n) is 18.3. The lowest BCUT2D eigenvalue weighted by atomic mass is 9.72. The third kappa shape index (κ3) is 34.4. The topological polar surface area (TPSA) is 481 Å². The second-order valence-electron chi connectivity index (χ2n) is 40.1. The highest BCUT2D eigenvalue weighted by molar-refractivity contribution is 7.99. The first-order valence-corrected chi connectivity index (χ1v) is 51.2. The van der Waals surface area contributed by atoms with Crippen LogP contribution in [0.1, 0.15) is 232 Å². The summed E-state index contributed by atoms with van der Waals surface area (Å²) in [6.45, 7) is 19.3. The molecule has 0 aromatic heterocycles. The average Bonchev–Trinajstić information content (AvgIpc) is 1.57. The largest absolute Gasteiger partial charge is 0.481 e. The number of rotatable bonds is 39. The number of carbonyl (C=O) groups excluding carboxylic acids is 17. The molecule has 0 aliphatic carbocycles. The molecule has 0 radical (unpaired) electrons. The number of hydrogen-bond donors (Lipinski definition) is 9. The standard InChI is InChI=1S/C107H139N9O19S3/c1-13-86(118)76(46-72-31-21-29-70-27-17-19-34-82(70)72)49-89(121)75(45-66-25-15-14-16-26-66)52-93(125)105(7,8)113-97(129)38-37-87(119)77(47-73-32-22-30-71-28-18-20-35-83(71)73)53-94(126)107(11,12)115-101(134)81(41-65(3)117)63-138-61-69-43-67-42-68(44-69)60-137-62-80(99(109)132)51-90(122)79(56-98(130)131)54-95(127)106(9,10)114-100(133)74(33-23-39-112-103(110)111)48-88(120)78(55-96(108)128)50-91(123)84(104(4,5)6)57-92(124)85-36-24-40-116(85)102(135)64(2)58-136-59-67/h14-22,25-32,34-35,42-44,64,74-81,84-85H,13,23-24,33,36-41,45-63H2,1-12H3,(H2,108,128)(H2,109,132)(H,113,129)(H,114,133)(H,115,134)(H,130,131)(H4,110,111,112)/t64-,74+,75+,76+,77+,78-,79+,80-,81-,84+,85-/m1/s1. The zero-order chi connectivity index (χ0) is 102. The minimum Gasteiger partial charge on any atom is -0.481 e. The van der Waals surface area contributed by atoms with Crippen molar-refractivity contribution in [2.75, 3.05) is 30.3 Å². The molecule has 0 spiro atoms. The van der Waals surface area contributed by atoms with Gasteiger partial charge in [0, 0.05) is 178 Å². The van der Waals surface area contributed by atoms with Crippen LogP contribution in [0, 0.1) is 70.0 Å². The van der Waals surface area contributed by atoms with Gasteiger partial charge in [-0.3, -0.25) is 86.9 Å².